The van der Waals surface area contributed by atoms with Gasteiger partial charge in [0.25, 0.3) is 5.91 Å². The Bertz CT molecular complexity index is 673. The maximum absolute atomic E-state index is 11.6. The van der Waals surface area contributed by atoms with Crippen molar-refractivity contribution in [2.24, 2.45) is 0 Å². The summed E-state index contributed by atoms with van der Waals surface area (Å²) in [6.07, 6.45) is 4.25. The molecule has 6 heteroatoms. The molecule has 1 heterocycles. The Morgan fingerprint density at radius 1 is 1.26 bits per heavy atom. The predicted octanol–water partition coefficient (Wildman–Crippen LogP) is 2.99. The summed E-state index contributed by atoms with van der Waals surface area (Å²) in [5.74, 6) is -0.344. The van der Waals surface area contributed by atoms with Crippen LogP contribution in [-0.2, 0) is 14.3 Å². The van der Waals surface area contributed by atoms with Gasteiger partial charge >= 0.3 is 5.97 Å². The molecule has 1 N–H and O–H groups in total. The molecule has 0 aliphatic heterocycles. The van der Waals surface area contributed by atoms with Crippen LogP contribution in [0.1, 0.15) is 30.9 Å². The van der Waals surface area contributed by atoms with E-state index in [4.69, 9.17) is 4.74 Å². The third-order valence-electron chi connectivity index (χ3n) is 3.07. The monoisotopic (exact) mass is 314 g/mol. The molecule has 0 saturated heterocycles. The van der Waals surface area contributed by atoms with Gasteiger partial charge in [0, 0.05) is 12.1 Å². The average Bonchev–Trinajstić information content (AvgIpc) is 3.04. The molecule has 2 aromatic rings. The van der Waals surface area contributed by atoms with Crippen molar-refractivity contribution < 1.29 is 18.8 Å². The average molecular weight is 314 g/mol. The quantitative estimate of drug-likeness (QED) is 0.655. The van der Waals surface area contributed by atoms with Crippen LogP contribution in [0.5, 0.6) is 0 Å². The minimum atomic E-state index is -0.590. The second-order valence-corrected chi connectivity index (χ2v) is 5.20. The fourth-order valence-electron chi connectivity index (χ4n) is 1.80. The minimum Gasteiger partial charge on any atom is -0.452 e. The van der Waals surface area contributed by atoms with Gasteiger partial charge in [0.15, 0.2) is 12.4 Å². The molecule has 0 fully saturated rings. The molecule has 0 unspecified atom stereocenters. The van der Waals surface area contributed by atoms with Crippen molar-refractivity contribution in [1.82, 2.24) is 5.16 Å². The minimum absolute atomic E-state index is 0.270. The van der Waals surface area contributed by atoms with Crippen molar-refractivity contribution in [3.63, 3.8) is 0 Å². The summed E-state index contributed by atoms with van der Waals surface area (Å²) in [5.41, 5.74) is 2.12. The molecule has 1 amide bonds. The molecule has 0 atom stereocenters. The first-order valence-electron chi connectivity index (χ1n) is 7.19. The molecule has 6 nitrogen and oxygen atoms in total. The second-order valence-electron chi connectivity index (χ2n) is 5.20. The van der Waals surface area contributed by atoms with Gasteiger partial charge in [-0.3, -0.25) is 4.79 Å². The Morgan fingerprint density at radius 2 is 2.00 bits per heavy atom. The van der Waals surface area contributed by atoms with Crippen molar-refractivity contribution in [1.29, 1.82) is 0 Å². The fourth-order valence-corrected chi connectivity index (χ4v) is 1.80. The van der Waals surface area contributed by atoms with E-state index in [9.17, 15) is 9.59 Å². The Hall–Kier alpha value is -2.89. The molecule has 0 radical (unpaired) electrons. The van der Waals surface area contributed by atoms with Gasteiger partial charge in [-0.15, -0.1) is 0 Å². The van der Waals surface area contributed by atoms with Crippen LogP contribution in [0, 0.1) is 0 Å². The Balaban J connectivity index is 1.78. The van der Waals surface area contributed by atoms with Crippen LogP contribution in [0.4, 0.5) is 5.82 Å². The number of amides is 1. The largest absolute Gasteiger partial charge is 0.452 e. The molecule has 2 rings (SSSR count). The Labute approximate surface area is 134 Å². The highest BCUT2D eigenvalue weighted by molar-refractivity contribution is 5.93. The maximum atomic E-state index is 11.6. The summed E-state index contributed by atoms with van der Waals surface area (Å²) in [4.78, 5) is 23.1. The normalized spacial score (nSPS) is 10.9. The lowest BCUT2D eigenvalue weighted by atomic mass is 10.0. The van der Waals surface area contributed by atoms with E-state index in [2.05, 4.69) is 28.8 Å². The number of carbonyl (C=O) groups excluding carboxylic acids is 2. The van der Waals surface area contributed by atoms with Crippen molar-refractivity contribution >= 4 is 23.8 Å². The number of rotatable bonds is 6. The number of hydrogen-bond acceptors (Lipinski definition) is 5. The van der Waals surface area contributed by atoms with Gasteiger partial charge in [0.1, 0.15) is 6.26 Å². The lowest BCUT2D eigenvalue weighted by Gasteiger charge is -2.04. The van der Waals surface area contributed by atoms with Crippen molar-refractivity contribution in [2.45, 2.75) is 19.8 Å². The van der Waals surface area contributed by atoms with Crippen LogP contribution in [-0.4, -0.2) is 23.6 Å². The molecule has 0 aliphatic carbocycles. The number of esters is 1. The third-order valence-corrected chi connectivity index (χ3v) is 3.07. The zero-order valence-electron chi connectivity index (χ0n) is 13.0. The smallest absolute Gasteiger partial charge is 0.331 e. The van der Waals surface area contributed by atoms with Gasteiger partial charge in [-0.05, 0) is 23.1 Å². The molecular weight excluding hydrogens is 296 g/mol. The van der Waals surface area contributed by atoms with E-state index >= 15 is 0 Å². The zero-order chi connectivity index (χ0) is 16.7. The Kier molecular flexibility index (Phi) is 5.68. The van der Waals surface area contributed by atoms with Gasteiger partial charge in [0.2, 0.25) is 0 Å². The summed E-state index contributed by atoms with van der Waals surface area (Å²) in [6.45, 7) is 3.85. The lowest BCUT2D eigenvalue weighted by Crippen LogP contribution is -2.20. The summed E-state index contributed by atoms with van der Waals surface area (Å²) >= 11 is 0. The molecule has 1 aromatic heterocycles. The van der Waals surface area contributed by atoms with E-state index < -0.39 is 11.9 Å². The molecule has 0 aliphatic rings. The highest BCUT2D eigenvalue weighted by atomic mass is 16.5. The van der Waals surface area contributed by atoms with Crippen molar-refractivity contribution in [2.75, 3.05) is 11.9 Å². The lowest BCUT2D eigenvalue weighted by molar-refractivity contribution is -0.142. The maximum Gasteiger partial charge on any atom is 0.331 e. The van der Waals surface area contributed by atoms with Gasteiger partial charge in [-0.1, -0.05) is 43.3 Å². The van der Waals surface area contributed by atoms with Crippen LogP contribution in [0.2, 0.25) is 0 Å². The highest BCUT2D eigenvalue weighted by Crippen LogP contribution is 2.15. The number of nitrogens with one attached hydrogen (secondary N) is 1. The number of carbonyl (C=O) groups is 2. The SMILES string of the molecule is CC(C)c1ccc(/C=C/C(=O)OCC(=O)Nc2ccon2)cc1. The van der Waals surface area contributed by atoms with E-state index in [1.807, 2.05) is 24.3 Å². The predicted molar refractivity (Wildman–Crippen MR) is 85.7 cm³/mol. The first kappa shape index (κ1) is 16.5. The van der Waals surface area contributed by atoms with Crippen LogP contribution in [0.3, 0.4) is 0 Å². The third kappa shape index (κ3) is 5.43. The number of hydrogen-bond donors (Lipinski definition) is 1. The standard InChI is InChI=1S/C17H18N2O4/c1-12(2)14-6-3-13(4-7-14)5-8-17(21)22-11-16(20)18-15-9-10-23-19-15/h3-10,12H,11H2,1-2H3,(H,18,19,20)/b8-5+. The molecule has 120 valence electrons. The highest BCUT2D eigenvalue weighted by Gasteiger charge is 2.07. The van der Waals surface area contributed by atoms with Gasteiger partial charge < -0.3 is 14.6 Å². The topological polar surface area (TPSA) is 81.4 Å². The van der Waals surface area contributed by atoms with E-state index in [0.717, 1.165) is 5.56 Å². The van der Waals surface area contributed by atoms with Gasteiger partial charge in [0.05, 0.1) is 0 Å². The molecule has 23 heavy (non-hydrogen) atoms. The van der Waals surface area contributed by atoms with Crippen LogP contribution in [0.15, 0.2) is 47.2 Å². The molecule has 0 saturated carbocycles. The molecule has 0 spiro atoms. The first-order chi connectivity index (χ1) is 11.0. The van der Waals surface area contributed by atoms with Gasteiger partial charge in [-0.2, -0.15) is 0 Å². The summed E-state index contributed by atoms with van der Waals surface area (Å²) < 4.78 is 9.41. The molecular formula is C17H18N2O4. The molecule has 0 bridgehead atoms. The van der Waals surface area contributed by atoms with E-state index in [0.29, 0.717) is 5.92 Å². The van der Waals surface area contributed by atoms with Crippen molar-refractivity contribution in [3.8, 4) is 0 Å². The number of nitrogens with zero attached hydrogens (tertiary/aromatic N) is 1. The molecule has 1 aromatic carbocycles. The van der Waals surface area contributed by atoms with E-state index in [1.165, 1.54) is 24.0 Å². The number of benzene rings is 1. The van der Waals surface area contributed by atoms with Gasteiger partial charge in [-0.25, -0.2) is 4.79 Å². The zero-order valence-corrected chi connectivity index (χ0v) is 13.0. The Morgan fingerprint density at radius 3 is 2.61 bits per heavy atom. The van der Waals surface area contributed by atoms with Crippen LogP contribution >= 0.6 is 0 Å². The first-order valence-corrected chi connectivity index (χ1v) is 7.19. The van der Waals surface area contributed by atoms with Crippen LogP contribution < -0.4 is 5.32 Å². The fraction of sp³-hybridized carbons (Fsp3) is 0.235. The summed E-state index contributed by atoms with van der Waals surface area (Å²) in [5, 5.41) is 5.94. The summed E-state index contributed by atoms with van der Waals surface area (Å²) in [7, 11) is 0. The number of anilines is 1. The van der Waals surface area contributed by atoms with Crippen molar-refractivity contribution in [3.05, 3.63) is 53.8 Å². The van der Waals surface area contributed by atoms with E-state index in [-0.39, 0.29) is 12.4 Å². The number of aromatic nitrogens is 1. The van der Waals surface area contributed by atoms with Crippen LogP contribution in [0.25, 0.3) is 6.08 Å². The van der Waals surface area contributed by atoms with E-state index in [1.54, 1.807) is 6.08 Å². The number of ether oxygens (including phenoxy) is 1. The summed E-state index contributed by atoms with van der Waals surface area (Å²) in [6, 6.07) is 9.37. The second kappa shape index (κ2) is 7.93.